The molecule has 0 saturated carbocycles. The van der Waals surface area contributed by atoms with E-state index in [2.05, 4.69) is 9.88 Å². The van der Waals surface area contributed by atoms with Crippen molar-refractivity contribution < 1.29 is 13.9 Å². The summed E-state index contributed by atoms with van der Waals surface area (Å²) in [6, 6.07) is 4.68. The molecule has 1 amide bonds. The minimum atomic E-state index is -0.362. The van der Waals surface area contributed by atoms with Crippen LogP contribution in [0.15, 0.2) is 29.8 Å². The second-order valence-electron chi connectivity index (χ2n) is 7.05. The van der Waals surface area contributed by atoms with Crippen LogP contribution in [0.1, 0.15) is 24.8 Å². The Hall–Kier alpha value is -2.15. The van der Waals surface area contributed by atoms with Gasteiger partial charge in [0, 0.05) is 43.3 Å². The lowest BCUT2D eigenvalue weighted by atomic mass is 9.78. The number of benzene rings is 1. The highest BCUT2D eigenvalue weighted by molar-refractivity contribution is 7.13. The number of halogens is 1. The summed E-state index contributed by atoms with van der Waals surface area (Å²) in [7, 11) is 1.56. The number of methoxy groups -OCH3 is 1. The molecule has 26 heavy (non-hydrogen) atoms. The van der Waals surface area contributed by atoms with Gasteiger partial charge in [-0.15, -0.1) is 11.3 Å². The lowest BCUT2D eigenvalue weighted by Crippen LogP contribution is -2.49. The average molecular weight is 375 g/mol. The number of anilines is 1. The monoisotopic (exact) mass is 375 g/mol. The molecule has 1 aromatic heterocycles. The van der Waals surface area contributed by atoms with Crippen molar-refractivity contribution in [3.8, 4) is 5.75 Å². The quantitative estimate of drug-likeness (QED) is 0.823. The lowest BCUT2D eigenvalue weighted by molar-refractivity contribution is -0.145. The van der Waals surface area contributed by atoms with Crippen LogP contribution >= 0.6 is 11.3 Å². The molecule has 0 bridgehead atoms. The van der Waals surface area contributed by atoms with E-state index >= 15 is 0 Å². The number of nitrogens with zero attached hydrogens (tertiary/aromatic N) is 3. The van der Waals surface area contributed by atoms with E-state index in [9.17, 15) is 9.18 Å². The largest absolute Gasteiger partial charge is 0.497 e. The van der Waals surface area contributed by atoms with Crippen LogP contribution < -0.4 is 9.64 Å². The summed E-state index contributed by atoms with van der Waals surface area (Å²) in [4.78, 5) is 21.7. The van der Waals surface area contributed by atoms with E-state index in [-0.39, 0.29) is 17.1 Å². The normalized spacial score (nSPS) is 23.1. The van der Waals surface area contributed by atoms with E-state index in [4.69, 9.17) is 4.74 Å². The van der Waals surface area contributed by atoms with Gasteiger partial charge in [0.1, 0.15) is 11.6 Å². The van der Waals surface area contributed by atoms with Crippen LogP contribution in [0.2, 0.25) is 0 Å². The Kier molecular flexibility index (Phi) is 4.56. The second kappa shape index (κ2) is 6.87. The molecule has 1 spiro atoms. The molecule has 7 heteroatoms. The van der Waals surface area contributed by atoms with Gasteiger partial charge in [0.2, 0.25) is 5.91 Å². The minimum absolute atomic E-state index is 0.144. The third-order valence-electron chi connectivity index (χ3n) is 5.48. The number of hydrogen-bond acceptors (Lipinski definition) is 5. The molecule has 2 fully saturated rings. The molecule has 2 aromatic rings. The van der Waals surface area contributed by atoms with Gasteiger partial charge in [0.05, 0.1) is 12.5 Å². The molecule has 138 valence electrons. The number of hydrogen-bond donors (Lipinski definition) is 0. The van der Waals surface area contributed by atoms with Gasteiger partial charge in [-0.1, -0.05) is 0 Å². The number of ether oxygens (including phenoxy) is 1. The minimum Gasteiger partial charge on any atom is -0.497 e. The van der Waals surface area contributed by atoms with Crippen LogP contribution in [0.5, 0.6) is 5.75 Å². The number of amides is 1. The van der Waals surface area contributed by atoms with Crippen LogP contribution in [0, 0.1) is 11.2 Å². The molecule has 1 unspecified atom stereocenters. The standard InChI is InChI=1S/C19H22FN3O2S/c1-25-15-3-4-16(20)14(11-15)12-22-8-2-5-19(17(22)24)6-9-23(13-19)18-21-7-10-26-18/h3-4,7,10-11H,2,5-6,8-9,12-13H2,1H3. The van der Waals surface area contributed by atoms with E-state index in [0.717, 1.165) is 30.9 Å². The Labute approximate surface area is 156 Å². The van der Waals surface area contributed by atoms with Crippen LogP contribution in [-0.4, -0.2) is 42.5 Å². The second-order valence-corrected chi connectivity index (χ2v) is 7.93. The Morgan fingerprint density at radius 3 is 3.00 bits per heavy atom. The summed E-state index contributed by atoms with van der Waals surface area (Å²) in [6.07, 6.45) is 4.47. The van der Waals surface area contributed by atoms with Gasteiger partial charge >= 0.3 is 0 Å². The first-order valence-electron chi connectivity index (χ1n) is 8.87. The fourth-order valence-corrected chi connectivity index (χ4v) is 4.76. The first-order chi connectivity index (χ1) is 12.6. The zero-order valence-electron chi connectivity index (χ0n) is 14.8. The summed E-state index contributed by atoms with van der Waals surface area (Å²) >= 11 is 1.60. The zero-order chi connectivity index (χ0) is 18.1. The van der Waals surface area contributed by atoms with Gasteiger partial charge < -0.3 is 14.5 Å². The molecule has 0 N–H and O–H groups in total. The van der Waals surface area contributed by atoms with Gasteiger partial charge in [-0.2, -0.15) is 0 Å². The van der Waals surface area contributed by atoms with E-state index < -0.39 is 0 Å². The van der Waals surface area contributed by atoms with Gasteiger partial charge in [-0.25, -0.2) is 9.37 Å². The summed E-state index contributed by atoms with van der Waals surface area (Å²) in [6.45, 7) is 2.52. The molecule has 4 rings (SSSR count). The van der Waals surface area contributed by atoms with Crippen molar-refractivity contribution in [3.05, 3.63) is 41.2 Å². The fourth-order valence-electron chi connectivity index (χ4n) is 4.09. The molecule has 2 aliphatic heterocycles. The van der Waals surface area contributed by atoms with E-state index in [1.165, 1.54) is 6.07 Å². The van der Waals surface area contributed by atoms with Crippen molar-refractivity contribution in [1.29, 1.82) is 0 Å². The third-order valence-corrected chi connectivity index (χ3v) is 6.31. The van der Waals surface area contributed by atoms with Gasteiger partial charge in [0.25, 0.3) is 0 Å². The Morgan fingerprint density at radius 1 is 1.35 bits per heavy atom. The van der Waals surface area contributed by atoms with Crippen LogP contribution in [0.25, 0.3) is 0 Å². The molecule has 1 aromatic carbocycles. The van der Waals surface area contributed by atoms with Crippen molar-refractivity contribution in [2.24, 2.45) is 5.41 Å². The number of carbonyl (C=O) groups excluding carboxylic acids is 1. The highest BCUT2D eigenvalue weighted by Gasteiger charge is 2.48. The molecule has 5 nitrogen and oxygen atoms in total. The Morgan fingerprint density at radius 2 is 2.23 bits per heavy atom. The summed E-state index contributed by atoms with van der Waals surface area (Å²) < 4.78 is 19.4. The molecular formula is C19H22FN3O2S. The van der Waals surface area contributed by atoms with Gasteiger partial charge in [-0.05, 0) is 37.5 Å². The fraction of sp³-hybridized carbons (Fsp3) is 0.474. The van der Waals surface area contributed by atoms with Crippen molar-refractivity contribution >= 4 is 22.4 Å². The van der Waals surface area contributed by atoms with E-state index in [0.29, 0.717) is 30.9 Å². The number of aromatic nitrogens is 1. The molecule has 1 atom stereocenters. The number of rotatable bonds is 4. The highest BCUT2D eigenvalue weighted by Crippen LogP contribution is 2.42. The maximum Gasteiger partial charge on any atom is 0.230 e. The van der Waals surface area contributed by atoms with E-state index in [1.807, 2.05) is 10.3 Å². The third kappa shape index (κ3) is 3.05. The maximum atomic E-state index is 14.2. The SMILES string of the molecule is COc1ccc(F)c(CN2CCCC3(CCN(c4nccs4)C3)C2=O)c1. The summed E-state index contributed by atoms with van der Waals surface area (Å²) in [5, 5.41) is 2.94. The molecule has 3 heterocycles. The van der Waals surface area contributed by atoms with Gasteiger partial charge in [0.15, 0.2) is 5.13 Å². The van der Waals surface area contributed by atoms with Crippen molar-refractivity contribution in [1.82, 2.24) is 9.88 Å². The number of piperidine rings is 1. The topological polar surface area (TPSA) is 45.7 Å². The smallest absolute Gasteiger partial charge is 0.230 e. The summed E-state index contributed by atoms with van der Waals surface area (Å²) in [5.74, 6) is 0.454. The molecule has 2 saturated heterocycles. The Bertz CT molecular complexity index is 798. The van der Waals surface area contributed by atoms with Crippen molar-refractivity contribution in [3.63, 3.8) is 0 Å². The van der Waals surface area contributed by atoms with Crippen LogP contribution in [-0.2, 0) is 11.3 Å². The first-order valence-corrected chi connectivity index (χ1v) is 9.75. The zero-order valence-corrected chi connectivity index (χ0v) is 15.6. The molecule has 2 aliphatic rings. The van der Waals surface area contributed by atoms with Crippen molar-refractivity contribution in [2.45, 2.75) is 25.8 Å². The highest BCUT2D eigenvalue weighted by atomic mass is 32.1. The predicted molar refractivity (Wildman–Crippen MR) is 99.0 cm³/mol. The van der Waals surface area contributed by atoms with Gasteiger partial charge in [-0.3, -0.25) is 4.79 Å². The molecular weight excluding hydrogens is 353 g/mol. The lowest BCUT2D eigenvalue weighted by Gasteiger charge is -2.39. The summed E-state index contributed by atoms with van der Waals surface area (Å²) in [5.41, 5.74) is 0.142. The number of likely N-dealkylation sites (tertiary alicyclic amines) is 1. The molecule has 0 aliphatic carbocycles. The Balaban J connectivity index is 1.52. The maximum absolute atomic E-state index is 14.2. The van der Waals surface area contributed by atoms with E-state index in [1.54, 1.807) is 36.8 Å². The predicted octanol–water partition coefficient (Wildman–Crippen LogP) is 3.31. The van der Waals surface area contributed by atoms with Crippen LogP contribution in [0.3, 0.4) is 0 Å². The average Bonchev–Trinajstić information content (AvgIpc) is 3.31. The molecule has 0 radical (unpaired) electrons. The first kappa shape index (κ1) is 17.3. The number of thiazole rings is 1. The van der Waals surface area contributed by atoms with Crippen LogP contribution in [0.4, 0.5) is 9.52 Å². The van der Waals surface area contributed by atoms with Crippen molar-refractivity contribution in [2.75, 3.05) is 31.6 Å². The number of carbonyl (C=O) groups is 1.